The van der Waals surface area contributed by atoms with E-state index in [2.05, 4.69) is 21.3 Å². The van der Waals surface area contributed by atoms with Gasteiger partial charge in [-0.05, 0) is 40.6 Å². The van der Waals surface area contributed by atoms with Gasteiger partial charge in [-0.25, -0.2) is 0 Å². The standard InChI is InChI=1S/C12H12BrNOS/c1-15-11-3-2-9(13)6-10(11)12(14)8-4-5-16-7-8/h2-7,12H,14H2,1H3. The minimum Gasteiger partial charge on any atom is -0.496 e. The summed E-state index contributed by atoms with van der Waals surface area (Å²) in [5.41, 5.74) is 8.32. The Balaban J connectivity index is 2.42. The molecule has 2 N–H and O–H groups in total. The Morgan fingerprint density at radius 1 is 1.38 bits per heavy atom. The Hall–Kier alpha value is -0.840. The summed E-state index contributed by atoms with van der Waals surface area (Å²) < 4.78 is 6.33. The number of thiophene rings is 1. The number of halogens is 1. The van der Waals surface area contributed by atoms with E-state index in [4.69, 9.17) is 10.5 Å². The van der Waals surface area contributed by atoms with Crippen LogP contribution >= 0.6 is 27.3 Å². The molecule has 2 aromatic rings. The monoisotopic (exact) mass is 297 g/mol. The maximum Gasteiger partial charge on any atom is 0.124 e. The molecule has 1 unspecified atom stereocenters. The number of methoxy groups -OCH3 is 1. The van der Waals surface area contributed by atoms with Crippen molar-refractivity contribution in [1.82, 2.24) is 0 Å². The van der Waals surface area contributed by atoms with Crippen LogP contribution < -0.4 is 10.5 Å². The quantitative estimate of drug-likeness (QED) is 0.940. The predicted octanol–water partition coefficient (Wildman–Crippen LogP) is 3.57. The second-order valence-electron chi connectivity index (χ2n) is 3.42. The topological polar surface area (TPSA) is 35.2 Å². The summed E-state index contributed by atoms with van der Waals surface area (Å²) in [4.78, 5) is 0. The van der Waals surface area contributed by atoms with Crippen molar-refractivity contribution in [2.45, 2.75) is 6.04 Å². The largest absolute Gasteiger partial charge is 0.496 e. The second-order valence-corrected chi connectivity index (χ2v) is 5.12. The zero-order valence-corrected chi connectivity index (χ0v) is 11.2. The van der Waals surface area contributed by atoms with Gasteiger partial charge in [0.25, 0.3) is 0 Å². The molecule has 16 heavy (non-hydrogen) atoms. The van der Waals surface area contributed by atoms with E-state index < -0.39 is 0 Å². The third-order valence-electron chi connectivity index (χ3n) is 2.43. The predicted molar refractivity (Wildman–Crippen MR) is 71.0 cm³/mol. The van der Waals surface area contributed by atoms with Gasteiger partial charge >= 0.3 is 0 Å². The first-order valence-electron chi connectivity index (χ1n) is 4.83. The molecule has 1 aromatic heterocycles. The molecule has 0 aliphatic carbocycles. The molecule has 0 aliphatic heterocycles. The van der Waals surface area contributed by atoms with E-state index in [9.17, 15) is 0 Å². The molecule has 0 amide bonds. The zero-order chi connectivity index (χ0) is 11.5. The van der Waals surface area contributed by atoms with Crippen molar-refractivity contribution < 1.29 is 4.74 Å². The summed E-state index contributed by atoms with van der Waals surface area (Å²) in [6.07, 6.45) is 0. The van der Waals surface area contributed by atoms with Gasteiger partial charge in [-0.1, -0.05) is 15.9 Å². The Morgan fingerprint density at radius 3 is 2.81 bits per heavy atom. The molecule has 0 radical (unpaired) electrons. The van der Waals surface area contributed by atoms with Crippen molar-refractivity contribution in [1.29, 1.82) is 0 Å². The number of nitrogens with two attached hydrogens (primary N) is 1. The number of benzene rings is 1. The summed E-state index contributed by atoms with van der Waals surface area (Å²) in [7, 11) is 1.66. The molecule has 0 spiro atoms. The maximum absolute atomic E-state index is 6.21. The molecule has 0 saturated carbocycles. The fourth-order valence-electron chi connectivity index (χ4n) is 1.58. The summed E-state index contributed by atoms with van der Waals surface area (Å²) in [5.74, 6) is 0.821. The highest BCUT2D eigenvalue weighted by Gasteiger charge is 2.14. The van der Waals surface area contributed by atoms with Crippen molar-refractivity contribution >= 4 is 27.3 Å². The first-order valence-corrected chi connectivity index (χ1v) is 6.57. The number of rotatable bonds is 3. The van der Waals surface area contributed by atoms with Crippen molar-refractivity contribution in [3.63, 3.8) is 0 Å². The van der Waals surface area contributed by atoms with Crippen molar-refractivity contribution in [3.8, 4) is 5.75 Å². The van der Waals surface area contributed by atoms with Crippen LogP contribution in [-0.2, 0) is 0 Å². The molecule has 0 saturated heterocycles. The van der Waals surface area contributed by atoms with E-state index in [0.29, 0.717) is 0 Å². The smallest absolute Gasteiger partial charge is 0.124 e. The van der Waals surface area contributed by atoms with Gasteiger partial charge in [-0.2, -0.15) is 11.3 Å². The summed E-state index contributed by atoms with van der Waals surface area (Å²) >= 11 is 5.10. The SMILES string of the molecule is COc1ccc(Br)cc1C(N)c1ccsc1. The Morgan fingerprint density at radius 2 is 2.19 bits per heavy atom. The number of hydrogen-bond acceptors (Lipinski definition) is 3. The molecule has 0 aliphatic rings. The van der Waals surface area contributed by atoms with Gasteiger partial charge in [-0.3, -0.25) is 0 Å². The minimum atomic E-state index is -0.140. The Bertz CT molecular complexity index is 470. The van der Waals surface area contributed by atoms with Crippen LogP contribution in [0.25, 0.3) is 0 Å². The molecule has 1 aromatic carbocycles. The lowest BCUT2D eigenvalue weighted by atomic mass is 10.0. The molecule has 4 heteroatoms. The van der Waals surface area contributed by atoms with Crippen LogP contribution in [0.4, 0.5) is 0 Å². The van der Waals surface area contributed by atoms with E-state index in [0.717, 1.165) is 21.3 Å². The van der Waals surface area contributed by atoms with Gasteiger partial charge < -0.3 is 10.5 Å². The van der Waals surface area contributed by atoms with Gasteiger partial charge in [0, 0.05) is 10.0 Å². The highest BCUT2D eigenvalue weighted by Crippen LogP contribution is 2.31. The van der Waals surface area contributed by atoms with Crippen LogP contribution in [-0.4, -0.2) is 7.11 Å². The van der Waals surface area contributed by atoms with Crippen molar-refractivity contribution in [2.24, 2.45) is 5.73 Å². The number of ether oxygens (including phenoxy) is 1. The fraction of sp³-hybridized carbons (Fsp3) is 0.167. The van der Waals surface area contributed by atoms with E-state index in [1.807, 2.05) is 29.6 Å². The third-order valence-corrected chi connectivity index (χ3v) is 3.62. The molecule has 84 valence electrons. The average Bonchev–Trinajstić information content (AvgIpc) is 2.81. The molecule has 1 atom stereocenters. The van der Waals surface area contributed by atoms with Gasteiger partial charge in [0.2, 0.25) is 0 Å². The Labute approximate surface area is 107 Å². The third kappa shape index (κ3) is 2.29. The lowest BCUT2D eigenvalue weighted by Gasteiger charge is -2.15. The van der Waals surface area contributed by atoms with Crippen LogP contribution in [0.5, 0.6) is 5.75 Å². The zero-order valence-electron chi connectivity index (χ0n) is 8.81. The van der Waals surface area contributed by atoms with E-state index in [1.165, 1.54) is 0 Å². The van der Waals surface area contributed by atoms with E-state index in [-0.39, 0.29) is 6.04 Å². The average molecular weight is 298 g/mol. The van der Waals surface area contributed by atoms with Crippen LogP contribution in [0.2, 0.25) is 0 Å². The highest BCUT2D eigenvalue weighted by molar-refractivity contribution is 9.10. The molecular weight excluding hydrogens is 286 g/mol. The molecular formula is C12H12BrNOS. The van der Waals surface area contributed by atoms with E-state index in [1.54, 1.807) is 18.4 Å². The molecule has 1 heterocycles. The van der Waals surface area contributed by atoms with Crippen molar-refractivity contribution in [2.75, 3.05) is 7.11 Å². The molecule has 2 rings (SSSR count). The molecule has 0 bridgehead atoms. The van der Waals surface area contributed by atoms with Crippen LogP contribution in [0, 0.1) is 0 Å². The van der Waals surface area contributed by atoms with Gasteiger partial charge in [0.05, 0.1) is 13.2 Å². The molecule has 2 nitrogen and oxygen atoms in total. The Kier molecular flexibility index (Phi) is 3.63. The normalized spacial score (nSPS) is 12.4. The van der Waals surface area contributed by atoms with Crippen LogP contribution in [0.1, 0.15) is 17.2 Å². The van der Waals surface area contributed by atoms with Crippen LogP contribution in [0.15, 0.2) is 39.5 Å². The summed E-state index contributed by atoms with van der Waals surface area (Å²) in [5, 5.41) is 4.09. The van der Waals surface area contributed by atoms with Gasteiger partial charge in [0.15, 0.2) is 0 Å². The van der Waals surface area contributed by atoms with Crippen LogP contribution in [0.3, 0.4) is 0 Å². The van der Waals surface area contributed by atoms with Gasteiger partial charge in [0.1, 0.15) is 5.75 Å². The first-order chi connectivity index (χ1) is 7.72. The first kappa shape index (κ1) is 11.6. The maximum atomic E-state index is 6.21. The van der Waals surface area contributed by atoms with Crippen molar-refractivity contribution in [3.05, 3.63) is 50.6 Å². The summed E-state index contributed by atoms with van der Waals surface area (Å²) in [6.45, 7) is 0. The number of hydrogen-bond donors (Lipinski definition) is 1. The van der Waals surface area contributed by atoms with Gasteiger partial charge in [-0.15, -0.1) is 0 Å². The van der Waals surface area contributed by atoms with E-state index >= 15 is 0 Å². The minimum absolute atomic E-state index is 0.140. The highest BCUT2D eigenvalue weighted by atomic mass is 79.9. The fourth-order valence-corrected chi connectivity index (χ4v) is 2.66. The lowest BCUT2D eigenvalue weighted by Crippen LogP contribution is -2.12. The summed E-state index contributed by atoms with van der Waals surface area (Å²) in [6, 6.07) is 7.77. The lowest BCUT2D eigenvalue weighted by molar-refractivity contribution is 0.408. The second kappa shape index (κ2) is 4.99. The molecule has 0 fully saturated rings.